The highest BCUT2D eigenvalue weighted by Gasteiger charge is 2.27. The summed E-state index contributed by atoms with van der Waals surface area (Å²) in [4.78, 5) is 16.9. The normalized spacial score (nSPS) is 19.5. The van der Waals surface area contributed by atoms with E-state index in [4.69, 9.17) is 10.7 Å². The van der Waals surface area contributed by atoms with E-state index in [0.29, 0.717) is 12.6 Å². The summed E-state index contributed by atoms with van der Waals surface area (Å²) in [5.74, 6) is 1.27. The fourth-order valence-electron chi connectivity index (χ4n) is 3.54. The van der Waals surface area contributed by atoms with Gasteiger partial charge >= 0.3 is 0 Å². The summed E-state index contributed by atoms with van der Waals surface area (Å²) in [5.41, 5.74) is 8.06. The lowest BCUT2D eigenvalue weighted by atomic mass is 10.1. The minimum absolute atomic E-state index is 0. The topological polar surface area (TPSA) is 72.9 Å². The number of imidazole rings is 1. The molecular formula is C18H28Cl2N4O. The molecule has 7 heteroatoms. The van der Waals surface area contributed by atoms with Crippen molar-refractivity contribution in [3.8, 4) is 0 Å². The molecule has 25 heavy (non-hydrogen) atoms. The van der Waals surface area contributed by atoms with E-state index in [1.54, 1.807) is 0 Å². The number of para-hydroxylation sites is 2. The number of rotatable bonds is 5. The molecule has 1 heterocycles. The van der Waals surface area contributed by atoms with Crippen LogP contribution in [0.3, 0.4) is 0 Å². The van der Waals surface area contributed by atoms with Gasteiger partial charge in [-0.25, -0.2) is 4.98 Å². The highest BCUT2D eigenvalue weighted by Crippen LogP contribution is 2.24. The lowest BCUT2D eigenvalue weighted by molar-refractivity contribution is -0.124. The van der Waals surface area contributed by atoms with Crippen LogP contribution in [0.25, 0.3) is 11.0 Å². The van der Waals surface area contributed by atoms with Crippen LogP contribution in [0.1, 0.15) is 45.0 Å². The number of nitrogens with zero attached hydrogens (tertiary/aromatic N) is 2. The van der Waals surface area contributed by atoms with Crippen LogP contribution >= 0.6 is 24.8 Å². The predicted octanol–water partition coefficient (Wildman–Crippen LogP) is 3.25. The number of carbonyl (C=O) groups excluding carboxylic acids is 1. The molecule has 0 radical (unpaired) electrons. The van der Waals surface area contributed by atoms with Gasteiger partial charge in [-0.05, 0) is 45.2 Å². The van der Waals surface area contributed by atoms with Gasteiger partial charge in [-0.2, -0.15) is 0 Å². The van der Waals surface area contributed by atoms with Crippen molar-refractivity contribution in [3.05, 3.63) is 30.1 Å². The third-order valence-corrected chi connectivity index (χ3v) is 4.68. The fourth-order valence-corrected chi connectivity index (χ4v) is 3.54. The van der Waals surface area contributed by atoms with E-state index in [1.807, 2.05) is 18.2 Å². The second-order valence-electron chi connectivity index (χ2n) is 6.79. The second-order valence-corrected chi connectivity index (χ2v) is 6.79. The number of carbonyl (C=O) groups is 1. The fraction of sp³-hybridized carbons (Fsp3) is 0.556. The van der Waals surface area contributed by atoms with Crippen LogP contribution < -0.4 is 11.1 Å². The zero-order valence-electron chi connectivity index (χ0n) is 14.8. The Morgan fingerprint density at radius 1 is 1.32 bits per heavy atom. The van der Waals surface area contributed by atoms with Crippen LogP contribution in [-0.4, -0.2) is 28.0 Å². The van der Waals surface area contributed by atoms with Gasteiger partial charge in [0, 0.05) is 31.0 Å². The van der Waals surface area contributed by atoms with Gasteiger partial charge in [0.05, 0.1) is 11.0 Å². The van der Waals surface area contributed by atoms with Crippen molar-refractivity contribution < 1.29 is 4.79 Å². The molecule has 1 aliphatic carbocycles. The number of hydrogen-bond acceptors (Lipinski definition) is 3. The Bertz CT molecular complexity index is 701. The van der Waals surface area contributed by atoms with E-state index in [1.165, 1.54) is 0 Å². The number of halogens is 2. The first kappa shape index (κ1) is 21.7. The molecule has 0 aliphatic heterocycles. The highest BCUT2D eigenvalue weighted by molar-refractivity contribution is 5.85. The van der Waals surface area contributed by atoms with Crippen LogP contribution in [0.15, 0.2) is 24.3 Å². The van der Waals surface area contributed by atoms with Crippen molar-refractivity contribution in [2.45, 2.75) is 51.6 Å². The van der Waals surface area contributed by atoms with Gasteiger partial charge in [0.15, 0.2) is 0 Å². The minimum Gasteiger partial charge on any atom is -0.355 e. The molecule has 5 nitrogen and oxygen atoms in total. The number of nitrogens with one attached hydrogen (secondary N) is 1. The molecule has 1 aromatic carbocycles. The summed E-state index contributed by atoms with van der Waals surface area (Å²) in [6.45, 7) is 4.95. The first-order valence-electron chi connectivity index (χ1n) is 8.55. The van der Waals surface area contributed by atoms with E-state index in [2.05, 4.69) is 29.8 Å². The lowest BCUT2D eigenvalue weighted by Gasteiger charge is -2.14. The SMILES string of the molecule is CC(C)n1c(CCNC(=O)C2CCC(N)C2)nc2ccccc21.Cl.Cl. The first-order valence-corrected chi connectivity index (χ1v) is 8.55. The number of hydrogen-bond donors (Lipinski definition) is 2. The molecular weight excluding hydrogens is 359 g/mol. The van der Waals surface area contributed by atoms with Gasteiger partial charge in [-0.3, -0.25) is 4.79 Å². The van der Waals surface area contributed by atoms with E-state index in [-0.39, 0.29) is 42.7 Å². The standard InChI is InChI=1S/C18H26N4O.2ClH/c1-12(2)22-16-6-4-3-5-15(16)21-17(22)9-10-20-18(23)13-7-8-14(19)11-13;;/h3-6,12-14H,7-11,19H2,1-2H3,(H,20,23);2*1H. The molecule has 3 N–H and O–H groups in total. The number of benzene rings is 1. The molecule has 140 valence electrons. The number of amides is 1. The summed E-state index contributed by atoms with van der Waals surface area (Å²) in [5, 5.41) is 3.06. The monoisotopic (exact) mass is 386 g/mol. The minimum atomic E-state index is 0. The highest BCUT2D eigenvalue weighted by atomic mass is 35.5. The van der Waals surface area contributed by atoms with Crippen LogP contribution in [0.5, 0.6) is 0 Å². The molecule has 2 unspecified atom stereocenters. The third-order valence-electron chi connectivity index (χ3n) is 4.68. The Kier molecular flexibility index (Phi) is 8.19. The summed E-state index contributed by atoms with van der Waals surface area (Å²) in [6, 6.07) is 8.73. The maximum Gasteiger partial charge on any atom is 0.223 e. The first-order chi connectivity index (χ1) is 11.1. The number of fused-ring (bicyclic) bond motifs is 1. The zero-order chi connectivity index (χ0) is 16.4. The smallest absolute Gasteiger partial charge is 0.223 e. The summed E-state index contributed by atoms with van der Waals surface area (Å²) in [6.07, 6.45) is 3.44. The lowest BCUT2D eigenvalue weighted by Crippen LogP contribution is -2.32. The molecule has 1 fully saturated rings. The molecule has 2 atom stereocenters. The molecule has 1 aromatic heterocycles. The Hall–Kier alpha value is -1.30. The molecule has 2 aromatic rings. The molecule has 3 rings (SSSR count). The van der Waals surface area contributed by atoms with E-state index < -0.39 is 0 Å². The maximum atomic E-state index is 12.2. The zero-order valence-corrected chi connectivity index (χ0v) is 16.4. The van der Waals surface area contributed by atoms with E-state index in [0.717, 1.165) is 42.5 Å². The van der Waals surface area contributed by atoms with Crippen LogP contribution in [0.4, 0.5) is 0 Å². The molecule has 1 aliphatic rings. The molecule has 0 spiro atoms. The van der Waals surface area contributed by atoms with Crippen molar-refractivity contribution >= 4 is 41.8 Å². The maximum absolute atomic E-state index is 12.2. The van der Waals surface area contributed by atoms with Gasteiger partial charge in [0.1, 0.15) is 5.82 Å². The summed E-state index contributed by atoms with van der Waals surface area (Å²) < 4.78 is 2.26. The van der Waals surface area contributed by atoms with Gasteiger partial charge in [-0.15, -0.1) is 24.8 Å². The largest absolute Gasteiger partial charge is 0.355 e. The van der Waals surface area contributed by atoms with Crippen molar-refractivity contribution in [2.24, 2.45) is 11.7 Å². The van der Waals surface area contributed by atoms with Crippen molar-refractivity contribution in [3.63, 3.8) is 0 Å². The summed E-state index contributed by atoms with van der Waals surface area (Å²) in [7, 11) is 0. The average molecular weight is 387 g/mol. The Labute approximate surface area is 161 Å². The van der Waals surface area contributed by atoms with Crippen molar-refractivity contribution in [1.82, 2.24) is 14.9 Å². The van der Waals surface area contributed by atoms with Crippen LogP contribution in [0, 0.1) is 5.92 Å². The van der Waals surface area contributed by atoms with Gasteiger partial charge in [0.2, 0.25) is 5.91 Å². The van der Waals surface area contributed by atoms with Crippen LogP contribution in [0.2, 0.25) is 0 Å². The van der Waals surface area contributed by atoms with Crippen LogP contribution in [-0.2, 0) is 11.2 Å². The molecule has 1 saturated carbocycles. The second kappa shape index (κ2) is 9.41. The predicted molar refractivity (Wildman–Crippen MR) is 107 cm³/mol. The Balaban J connectivity index is 0.00000156. The number of aromatic nitrogens is 2. The molecule has 0 bridgehead atoms. The Morgan fingerprint density at radius 2 is 2.04 bits per heavy atom. The molecule has 1 amide bonds. The summed E-state index contributed by atoms with van der Waals surface area (Å²) >= 11 is 0. The van der Waals surface area contributed by atoms with Gasteiger partial charge in [0.25, 0.3) is 0 Å². The van der Waals surface area contributed by atoms with E-state index >= 15 is 0 Å². The number of nitrogens with two attached hydrogens (primary N) is 1. The molecule has 0 saturated heterocycles. The van der Waals surface area contributed by atoms with Crippen molar-refractivity contribution in [1.29, 1.82) is 0 Å². The third kappa shape index (κ3) is 4.87. The van der Waals surface area contributed by atoms with Gasteiger partial charge in [-0.1, -0.05) is 12.1 Å². The average Bonchev–Trinajstić information content (AvgIpc) is 3.10. The van der Waals surface area contributed by atoms with Gasteiger partial charge < -0.3 is 15.6 Å². The Morgan fingerprint density at radius 3 is 2.68 bits per heavy atom. The van der Waals surface area contributed by atoms with E-state index in [9.17, 15) is 4.79 Å². The quantitative estimate of drug-likeness (QED) is 0.827. The van der Waals surface area contributed by atoms with Crippen molar-refractivity contribution in [2.75, 3.05) is 6.54 Å².